The van der Waals surface area contributed by atoms with Crippen molar-refractivity contribution in [2.45, 2.75) is 4.90 Å². The number of aromatic hydroxyl groups is 1. The molecule has 1 aliphatic heterocycles. The lowest BCUT2D eigenvalue weighted by Crippen LogP contribution is -2.40. The summed E-state index contributed by atoms with van der Waals surface area (Å²) in [7, 11) is -2.04. The van der Waals surface area contributed by atoms with E-state index in [9.17, 15) is 13.5 Å². The van der Waals surface area contributed by atoms with Crippen LogP contribution in [0.2, 0.25) is 0 Å². The molecule has 1 aliphatic rings. The molecule has 138 valence electrons. The van der Waals surface area contributed by atoms with Gasteiger partial charge >= 0.3 is 0 Å². The van der Waals surface area contributed by atoms with Gasteiger partial charge in [-0.15, -0.1) is 0 Å². The summed E-state index contributed by atoms with van der Waals surface area (Å²) in [6.07, 6.45) is 1.50. The molecule has 8 heteroatoms. The number of hydrogen-bond donors (Lipinski definition) is 1. The van der Waals surface area contributed by atoms with E-state index < -0.39 is 10.0 Å². The quantitative estimate of drug-likeness (QED) is 0.808. The van der Waals surface area contributed by atoms with Crippen LogP contribution in [-0.4, -0.2) is 57.5 Å². The summed E-state index contributed by atoms with van der Waals surface area (Å²) in [5.74, 6) is 0.367. The highest BCUT2D eigenvalue weighted by atomic mass is 32.2. The lowest BCUT2D eigenvalue weighted by atomic mass is 10.2. The Hall–Kier alpha value is -2.42. The summed E-state index contributed by atoms with van der Waals surface area (Å²) in [4.78, 5) is 4.50. The predicted molar refractivity (Wildman–Crippen MR) is 97.9 cm³/mol. The molecule has 2 aromatic rings. The smallest absolute Gasteiger partial charge is 0.243 e. The SMILES string of the molecule is COc1cccc(C=Nc2ccc(S(=O)(=O)N3CCOCC3)cc2)c1O. The standard InChI is InChI=1S/C18H20N2O5S/c1-24-17-4-2-3-14(18(17)21)13-19-15-5-7-16(8-6-15)26(22,23)20-9-11-25-12-10-20/h2-8,13,21H,9-12H2,1H3. The second-order valence-electron chi connectivity index (χ2n) is 5.67. The third-order valence-electron chi connectivity index (χ3n) is 4.05. The zero-order valence-electron chi connectivity index (χ0n) is 14.3. The van der Waals surface area contributed by atoms with Gasteiger partial charge in [0.25, 0.3) is 0 Å². The van der Waals surface area contributed by atoms with Gasteiger partial charge in [0, 0.05) is 24.9 Å². The Labute approximate surface area is 152 Å². The number of morpholine rings is 1. The van der Waals surface area contributed by atoms with Crippen molar-refractivity contribution in [3.05, 3.63) is 48.0 Å². The van der Waals surface area contributed by atoms with Crippen molar-refractivity contribution in [3.63, 3.8) is 0 Å². The Bertz CT molecular complexity index is 888. The molecule has 1 N–H and O–H groups in total. The molecule has 0 bridgehead atoms. The van der Waals surface area contributed by atoms with Crippen molar-refractivity contribution >= 4 is 21.9 Å². The number of phenolic OH excluding ortho intramolecular Hbond substituents is 1. The first-order chi connectivity index (χ1) is 12.5. The molecule has 0 aromatic heterocycles. The molecule has 1 fully saturated rings. The molecule has 0 saturated carbocycles. The van der Waals surface area contributed by atoms with Crippen LogP contribution >= 0.6 is 0 Å². The Morgan fingerprint density at radius 2 is 1.85 bits per heavy atom. The number of ether oxygens (including phenoxy) is 2. The van der Waals surface area contributed by atoms with Gasteiger partial charge in [0.2, 0.25) is 10.0 Å². The Morgan fingerprint density at radius 1 is 1.15 bits per heavy atom. The summed E-state index contributed by atoms with van der Waals surface area (Å²) in [6, 6.07) is 11.4. The zero-order chi connectivity index (χ0) is 18.6. The van der Waals surface area contributed by atoms with Crippen LogP contribution in [0.4, 0.5) is 5.69 Å². The van der Waals surface area contributed by atoms with Gasteiger partial charge in [0.15, 0.2) is 11.5 Å². The van der Waals surface area contributed by atoms with Gasteiger partial charge in [-0.25, -0.2) is 8.42 Å². The Balaban J connectivity index is 1.78. The fourth-order valence-corrected chi connectivity index (χ4v) is 4.00. The number of aliphatic imine (C=N–C) groups is 1. The topological polar surface area (TPSA) is 88.4 Å². The van der Waals surface area contributed by atoms with Crippen LogP contribution in [0.3, 0.4) is 0 Å². The van der Waals surface area contributed by atoms with E-state index in [-0.39, 0.29) is 10.6 Å². The first-order valence-corrected chi connectivity index (χ1v) is 9.54. The number of benzene rings is 2. The number of nitrogens with zero attached hydrogens (tertiary/aromatic N) is 2. The van der Waals surface area contributed by atoms with Crippen molar-refractivity contribution in [1.29, 1.82) is 0 Å². The highest BCUT2D eigenvalue weighted by molar-refractivity contribution is 7.89. The molecule has 0 spiro atoms. The monoisotopic (exact) mass is 376 g/mol. The van der Waals surface area contributed by atoms with Crippen LogP contribution in [0, 0.1) is 0 Å². The average molecular weight is 376 g/mol. The predicted octanol–water partition coefficient (Wildman–Crippen LogP) is 2.17. The van der Waals surface area contributed by atoms with Crippen LogP contribution in [-0.2, 0) is 14.8 Å². The molecule has 0 aliphatic carbocycles. The summed E-state index contributed by atoms with van der Waals surface area (Å²) < 4.78 is 36.8. The van der Waals surface area contributed by atoms with E-state index in [1.807, 2.05) is 0 Å². The molecule has 1 heterocycles. The van der Waals surface area contributed by atoms with Crippen molar-refractivity contribution in [1.82, 2.24) is 4.31 Å². The fraction of sp³-hybridized carbons (Fsp3) is 0.278. The third-order valence-corrected chi connectivity index (χ3v) is 5.96. The maximum absolute atomic E-state index is 12.6. The van der Waals surface area contributed by atoms with E-state index in [0.29, 0.717) is 43.3 Å². The Kier molecular flexibility index (Phi) is 5.55. The van der Waals surface area contributed by atoms with Crippen molar-refractivity contribution in [2.75, 3.05) is 33.4 Å². The number of methoxy groups -OCH3 is 1. The van der Waals surface area contributed by atoms with Crippen LogP contribution in [0.15, 0.2) is 52.4 Å². The number of hydrogen-bond acceptors (Lipinski definition) is 6. The first-order valence-electron chi connectivity index (χ1n) is 8.10. The van der Waals surface area contributed by atoms with Crippen LogP contribution in [0.5, 0.6) is 11.5 Å². The normalized spacial score (nSPS) is 16.0. The van der Waals surface area contributed by atoms with E-state index in [0.717, 1.165) is 0 Å². The molecule has 7 nitrogen and oxygen atoms in total. The maximum atomic E-state index is 12.6. The van der Waals surface area contributed by atoms with E-state index in [4.69, 9.17) is 9.47 Å². The number of phenols is 1. The zero-order valence-corrected chi connectivity index (χ0v) is 15.1. The minimum absolute atomic E-state index is 0.00488. The van der Waals surface area contributed by atoms with E-state index >= 15 is 0 Å². The van der Waals surface area contributed by atoms with E-state index in [1.54, 1.807) is 30.3 Å². The fourth-order valence-electron chi connectivity index (χ4n) is 2.59. The number of sulfonamides is 1. The molecule has 2 aromatic carbocycles. The lowest BCUT2D eigenvalue weighted by molar-refractivity contribution is 0.0730. The highest BCUT2D eigenvalue weighted by Crippen LogP contribution is 2.28. The van der Waals surface area contributed by atoms with Gasteiger partial charge in [-0.1, -0.05) is 6.07 Å². The highest BCUT2D eigenvalue weighted by Gasteiger charge is 2.25. The van der Waals surface area contributed by atoms with Gasteiger partial charge in [-0.05, 0) is 36.4 Å². The average Bonchev–Trinajstić information content (AvgIpc) is 2.68. The summed E-state index contributed by atoms with van der Waals surface area (Å²) in [5, 5.41) is 10.1. The molecule has 0 amide bonds. The summed E-state index contributed by atoms with van der Waals surface area (Å²) >= 11 is 0. The van der Waals surface area contributed by atoms with Gasteiger partial charge in [0.05, 0.1) is 30.9 Å². The largest absolute Gasteiger partial charge is 0.504 e. The molecule has 0 atom stereocenters. The molecular weight excluding hydrogens is 356 g/mol. The first kappa shape index (κ1) is 18.4. The molecule has 0 radical (unpaired) electrons. The molecule has 26 heavy (non-hydrogen) atoms. The van der Waals surface area contributed by atoms with Crippen molar-refractivity contribution in [2.24, 2.45) is 4.99 Å². The Morgan fingerprint density at radius 3 is 2.50 bits per heavy atom. The lowest BCUT2D eigenvalue weighted by Gasteiger charge is -2.26. The van der Waals surface area contributed by atoms with Gasteiger partial charge in [0.1, 0.15) is 0 Å². The van der Waals surface area contributed by atoms with Gasteiger partial charge in [-0.3, -0.25) is 4.99 Å². The second kappa shape index (κ2) is 7.86. The minimum Gasteiger partial charge on any atom is -0.504 e. The molecule has 1 saturated heterocycles. The molecule has 0 unspecified atom stereocenters. The van der Waals surface area contributed by atoms with Crippen molar-refractivity contribution < 1.29 is 23.0 Å². The maximum Gasteiger partial charge on any atom is 0.243 e. The van der Waals surface area contributed by atoms with E-state index in [1.165, 1.54) is 29.8 Å². The van der Waals surface area contributed by atoms with Crippen molar-refractivity contribution in [3.8, 4) is 11.5 Å². The molecular formula is C18H20N2O5S. The van der Waals surface area contributed by atoms with Gasteiger partial charge < -0.3 is 14.6 Å². The van der Waals surface area contributed by atoms with Crippen LogP contribution in [0.1, 0.15) is 5.56 Å². The summed E-state index contributed by atoms with van der Waals surface area (Å²) in [5.41, 5.74) is 1.09. The van der Waals surface area contributed by atoms with E-state index in [2.05, 4.69) is 4.99 Å². The number of para-hydroxylation sites is 1. The van der Waals surface area contributed by atoms with Gasteiger partial charge in [-0.2, -0.15) is 4.31 Å². The molecule has 3 rings (SSSR count). The van der Waals surface area contributed by atoms with Crippen LogP contribution < -0.4 is 4.74 Å². The summed E-state index contributed by atoms with van der Waals surface area (Å²) in [6.45, 7) is 1.53. The number of rotatable bonds is 5. The third kappa shape index (κ3) is 3.87. The minimum atomic E-state index is -3.52. The second-order valence-corrected chi connectivity index (χ2v) is 7.60. The van der Waals surface area contributed by atoms with Crippen LogP contribution in [0.25, 0.3) is 0 Å².